The van der Waals surface area contributed by atoms with Gasteiger partial charge in [0.05, 0.1) is 4.92 Å². The zero-order valence-electron chi connectivity index (χ0n) is 10.7. The van der Waals surface area contributed by atoms with Gasteiger partial charge in [0.15, 0.2) is 0 Å². The third-order valence-corrected chi connectivity index (χ3v) is 3.79. The number of anilines is 1. The summed E-state index contributed by atoms with van der Waals surface area (Å²) < 4.78 is 0.670. The van der Waals surface area contributed by atoms with Gasteiger partial charge in [0.25, 0.3) is 5.69 Å². The van der Waals surface area contributed by atoms with Crippen molar-refractivity contribution in [2.75, 3.05) is 5.32 Å². The van der Waals surface area contributed by atoms with Crippen molar-refractivity contribution in [3.8, 4) is 0 Å². The summed E-state index contributed by atoms with van der Waals surface area (Å²) in [6, 6.07) is 10.8. The van der Waals surface area contributed by atoms with Crippen LogP contribution in [-0.2, 0) is 6.54 Å². The molecule has 0 atom stereocenters. The second-order valence-electron chi connectivity index (χ2n) is 4.36. The van der Waals surface area contributed by atoms with E-state index in [9.17, 15) is 10.1 Å². The van der Waals surface area contributed by atoms with Crippen molar-refractivity contribution in [2.24, 2.45) is 0 Å². The van der Waals surface area contributed by atoms with E-state index < -0.39 is 0 Å². The molecular weight excluding hydrogens is 344 g/mol. The van der Waals surface area contributed by atoms with E-state index in [2.05, 4.69) is 21.2 Å². The Morgan fingerprint density at radius 2 is 1.95 bits per heavy atom. The molecule has 20 heavy (non-hydrogen) atoms. The second-order valence-corrected chi connectivity index (χ2v) is 5.65. The highest BCUT2D eigenvalue weighted by molar-refractivity contribution is 9.10. The zero-order valence-corrected chi connectivity index (χ0v) is 13.0. The van der Waals surface area contributed by atoms with Crippen molar-refractivity contribution in [1.82, 2.24) is 0 Å². The largest absolute Gasteiger partial charge is 0.380 e. The first-order valence-corrected chi connectivity index (χ1v) is 7.07. The smallest absolute Gasteiger partial charge is 0.273 e. The van der Waals surface area contributed by atoms with Crippen molar-refractivity contribution < 1.29 is 4.92 Å². The highest BCUT2D eigenvalue weighted by Gasteiger charge is 2.13. The van der Waals surface area contributed by atoms with Crippen LogP contribution in [0.15, 0.2) is 40.9 Å². The third-order valence-electron chi connectivity index (χ3n) is 2.88. The molecule has 0 spiro atoms. The fraction of sp³-hybridized carbons (Fsp3) is 0.143. The maximum Gasteiger partial charge on any atom is 0.273 e. The number of rotatable bonds is 4. The average Bonchev–Trinajstić information content (AvgIpc) is 2.41. The summed E-state index contributed by atoms with van der Waals surface area (Å²) in [5, 5.41) is 14.8. The number of benzene rings is 2. The molecule has 0 aliphatic carbocycles. The molecule has 0 aliphatic rings. The number of nitrogens with one attached hydrogen (secondary N) is 1. The zero-order chi connectivity index (χ0) is 14.7. The molecule has 2 aromatic carbocycles. The summed E-state index contributed by atoms with van der Waals surface area (Å²) in [6.45, 7) is 2.34. The second kappa shape index (κ2) is 6.24. The summed E-state index contributed by atoms with van der Waals surface area (Å²) in [5.74, 6) is 0. The molecule has 0 fully saturated rings. The lowest BCUT2D eigenvalue weighted by Gasteiger charge is -2.10. The van der Waals surface area contributed by atoms with Crippen molar-refractivity contribution in [3.05, 3.63) is 67.1 Å². The van der Waals surface area contributed by atoms with E-state index in [1.54, 1.807) is 13.0 Å². The molecule has 0 unspecified atom stereocenters. The maximum atomic E-state index is 10.8. The Morgan fingerprint density at radius 1 is 1.30 bits per heavy atom. The quantitative estimate of drug-likeness (QED) is 0.625. The van der Waals surface area contributed by atoms with Crippen LogP contribution in [0.4, 0.5) is 11.4 Å². The van der Waals surface area contributed by atoms with E-state index in [0.29, 0.717) is 21.6 Å². The molecule has 2 rings (SSSR count). The lowest BCUT2D eigenvalue weighted by Crippen LogP contribution is -2.01. The Bertz CT molecular complexity index is 644. The van der Waals surface area contributed by atoms with E-state index in [0.717, 1.165) is 11.3 Å². The van der Waals surface area contributed by atoms with Gasteiger partial charge >= 0.3 is 0 Å². The van der Waals surface area contributed by atoms with Crippen molar-refractivity contribution in [1.29, 1.82) is 0 Å². The third kappa shape index (κ3) is 3.49. The van der Waals surface area contributed by atoms with Gasteiger partial charge < -0.3 is 5.32 Å². The van der Waals surface area contributed by atoms with Gasteiger partial charge in [0.2, 0.25) is 0 Å². The summed E-state index contributed by atoms with van der Waals surface area (Å²) in [7, 11) is 0. The molecular formula is C14H12BrClN2O2. The van der Waals surface area contributed by atoms with Crippen LogP contribution in [0.5, 0.6) is 0 Å². The molecule has 0 saturated heterocycles. The fourth-order valence-corrected chi connectivity index (χ4v) is 2.40. The molecule has 4 nitrogen and oxygen atoms in total. The molecule has 6 heteroatoms. The fourth-order valence-electron chi connectivity index (χ4n) is 1.80. The first-order valence-electron chi connectivity index (χ1n) is 5.90. The van der Waals surface area contributed by atoms with Gasteiger partial charge in [-0.05, 0) is 46.6 Å². The summed E-state index contributed by atoms with van der Waals surface area (Å²) in [4.78, 5) is 10.5. The highest BCUT2D eigenvalue weighted by atomic mass is 79.9. The molecule has 0 heterocycles. The number of nitro benzene ring substituents is 1. The Kier molecular flexibility index (Phi) is 4.62. The summed E-state index contributed by atoms with van der Waals surface area (Å²) in [6.07, 6.45) is 0. The molecule has 1 N–H and O–H groups in total. The number of aryl methyl sites for hydroxylation is 1. The van der Waals surface area contributed by atoms with Gasteiger partial charge in [-0.15, -0.1) is 0 Å². The van der Waals surface area contributed by atoms with Crippen LogP contribution in [0.1, 0.15) is 11.1 Å². The normalized spacial score (nSPS) is 10.3. The molecule has 0 aromatic heterocycles. The first-order chi connectivity index (χ1) is 9.47. The number of hydrogen-bond donors (Lipinski definition) is 1. The van der Waals surface area contributed by atoms with Crippen LogP contribution in [0, 0.1) is 17.0 Å². The molecule has 0 bridgehead atoms. The average molecular weight is 356 g/mol. The molecule has 0 amide bonds. The highest BCUT2D eigenvalue weighted by Crippen LogP contribution is 2.30. The number of nitrogens with zero attached hydrogens (tertiary/aromatic N) is 1. The van der Waals surface area contributed by atoms with Gasteiger partial charge in [-0.25, -0.2) is 0 Å². The molecule has 0 aliphatic heterocycles. The number of hydrogen-bond acceptors (Lipinski definition) is 3. The van der Waals surface area contributed by atoms with Gasteiger partial charge in [-0.2, -0.15) is 0 Å². The Hall–Kier alpha value is -1.59. The van der Waals surface area contributed by atoms with E-state index in [4.69, 9.17) is 11.6 Å². The molecule has 0 radical (unpaired) electrons. The van der Waals surface area contributed by atoms with Gasteiger partial charge in [0, 0.05) is 33.4 Å². The van der Waals surface area contributed by atoms with E-state index in [-0.39, 0.29) is 10.6 Å². The number of nitro groups is 1. The lowest BCUT2D eigenvalue weighted by atomic mass is 10.1. The first kappa shape index (κ1) is 14.8. The lowest BCUT2D eigenvalue weighted by molar-refractivity contribution is -0.385. The predicted molar refractivity (Wildman–Crippen MR) is 84.3 cm³/mol. The van der Waals surface area contributed by atoms with Gasteiger partial charge in [0.1, 0.15) is 0 Å². The topological polar surface area (TPSA) is 55.2 Å². The molecule has 2 aromatic rings. The van der Waals surface area contributed by atoms with Crippen LogP contribution in [-0.4, -0.2) is 4.92 Å². The maximum absolute atomic E-state index is 10.8. The Labute approximate surface area is 130 Å². The van der Waals surface area contributed by atoms with E-state index in [1.807, 2.05) is 24.3 Å². The van der Waals surface area contributed by atoms with Crippen molar-refractivity contribution in [2.45, 2.75) is 13.5 Å². The van der Waals surface area contributed by atoms with Crippen molar-refractivity contribution >= 4 is 38.9 Å². The standard InChI is InChI=1S/C14H12BrClN2O2/c1-9-6-13(12(15)7-14(9)18(19)20)17-8-10-2-4-11(16)5-3-10/h2-7,17H,8H2,1H3. The summed E-state index contributed by atoms with van der Waals surface area (Å²) >= 11 is 9.18. The molecule has 104 valence electrons. The summed E-state index contributed by atoms with van der Waals surface area (Å²) in [5.41, 5.74) is 2.63. The minimum absolute atomic E-state index is 0.105. The SMILES string of the molecule is Cc1cc(NCc2ccc(Cl)cc2)c(Br)cc1[N+](=O)[O-]. The van der Waals surface area contributed by atoms with Crippen LogP contribution in [0.2, 0.25) is 5.02 Å². The number of halogens is 2. The monoisotopic (exact) mass is 354 g/mol. The predicted octanol–water partition coefficient (Wildman–Crippen LogP) is 4.93. The van der Waals surface area contributed by atoms with E-state index >= 15 is 0 Å². The minimum Gasteiger partial charge on any atom is -0.380 e. The van der Waals surface area contributed by atoms with Crippen LogP contribution < -0.4 is 5.32 Å². The van der Waals surface area contributed by atoms with Crippen molar-refractivity contribution in [3.63, 3.8) is 0 Å². The van der Waals surface area contributed by atoms with Crippen LogP contribution in [0.3, 0.4) is 0 Å². The van der Waals surface area contributed by atoms with Gasteiger partial charge in [-0.1, -0.05) is 23.7 Å². The van der Waals surface area contributed by atoms with Crippen LogP contribution in [0.25, 0.3) is 0 Å². The van der Waals surface area contributed by atoms with Gasteiger partial charge in [-0.3, -0.25) is 10.1 Å². The van der Waals surface area contributed by atoms with Crippen LogP contribution >= 0.6 is 27.5 Å². The molecule has 0 saturated carbocycles. The Balaban J connectivity index is 2.16. The Morgan fingerprint density at radius 3 is 2.55 bits per heavy atom. The van der Waals surface area contributed by atoms with E-state index in [1.165, 1.54) is 6.07 Å². The minimum atomic E-state index is -0.386.